The zero-order chi connectivity index (χ0) is 15.3. The van der Waals surface area contributed by atoms with E-state index in [0.717, 1.165) is 57.9 Å². The minimum absolute atomic E-state index is 0.115. The lowest BCUT2D eigenvalue weighted by atomic mass is 9.92. The molecule has 1 unspecified atom stereocenters. The largest absolute Gasteiger partial charge is 0.314 e. The van der Waals surface area contributed by atoms with Crippen molar-refractivity contribution in [3.63, 3.8) is 0 Å². The van der Waals surface area contributed by atoms with Crippen molar-refractivity contribution in [2.75, 3.05) is 13.1 Å². The number of hydrogen-bond acceptors (Lipinski definition) is 3. The van der Waals surface area contributed by atoms with Gasteiger partial charge in [0.05, 0.1) is 0 Å². The maximum absolute atomic E-state index is 12.5. The zero-order valence-corrected chi connectivity index (χ0v) is 14.3. The van der Waals surface area contributed by atoms with Crippen molar-refractivity contribution < 1.29 is 8.42 Å². The molecule has 0 aromatic rings. The summed E-state index contributed by atoms with van der Waals surface area (Å²) >= 11 is 0. The molecule has 2 aliphatic rings. The molecule has 124 valence electrons. The molecule has 1 saturated carbocycles. The Kier molecular flexibility index (Phi) is 6.47. The molecular weight excluding hydrogens is 286 g/mol. The first-order valence-corrected chi connectivity index (χ1v) is 9.99. The highest BCUT2D eigenvalue weighted by molar-refractivity contribution is 7.87. The zero-order valence-electron chi connectivity index (χ0n) is 13.5. The molecule has 1 aliphatic heterocycles. The summed E-state index contributed by atoms with van der Waals surface area (Å²) in [5, 5.41) is 3.54. The molecule has 0 bridgehead atoms. The van der Waals surface area contributed by atoms with Gasteiger partial charge in [0.15, 0.2) is 0 Å². The van der Waals surface area contributed by atoms with Crippen molar-refractivity contribution in [2.24, 2.45) is 0 Å². The molecule has 0 amide bonds. The lowest BCUT2D eigenvalue weighted by molar-refractivity contribution is 0.258. The minimum Gasteiger partial charge on any atom is -0.314 e. The first-order chi connectivity index (χ1) is 10.0. The molecule has 5 nitrogen and oxygen atoms in total. The summed E-state index contributed by atoms with van der Waals surface area (Å²) in [4.78, 5) is 0. The van der Waals surface area contributed by atoms with Crippen molar-refractivity contribution in [3.05, 3.63) is 0 Å². The first kappa shape index (κ1) is 17.2. The van der Waals surface area contributed by atoms with Gasteiger partial charge < -0.3 is 5.32 Å². The van der Waals surface area contributed by atoms with Crippen LogP contribution in [0.5, 0.6) is 0 Å². The average Bonchev–Trinajstić information content (AvgIpc) is 2.46. The molecule has 0 aromatic carbocycles. The summed E-state index contributed by atoms with van der Waals surface area (Å²) in [6, 6.07) is 0.822. The van der Waals surface area contributed by atoms with E-state index in [4.69, 9.17) is 0 Å². The van der Waals surface area contributed by atoms with Gasteiger partial charge in [-0.3, -0.25) is 0 Å². The Labute approximate surface area is 130 Å². The van der Waals surface area contributed by atoms with Crippen molar-refractivity contribution in [3.8, 4) is 0 Å². The summed E-state index contributed by atoms with van der Waals surface area (Å²) in [6.07, 6.45) is 8.30. The van der Waals surface area contributed by atoms with Crippen LogP contribution in [-0.4, -0.2) is 43.9 Å². The Balaban J connectivity index is 1.81. The third kappa shape index (κ3) is 4.91. The van der Waals surface area contributed by atoms with Crippen LogP contribution in [0.2, 0.25) is 0 Å². The summed E-state index contributed by atoms with van der Waals surface area (Å²) in [5.74, 6) is 0. The third-order valence-electron chi connectivity index (χ3n) is 4.78. The molecule has 6 heteroatoms. The summed E-state index contributed by atoms with van der Waals surface area (Å²) < 4.78 is 29.6. The number of nitrogens with zero attached hydrogens (tertiary/aromatic N) is 1. The number of rotatable bonds is 6. The van der Waals surface area contributed by atoms with E-state index in [1.54, 1.807) is 4.31 Å². The fourth-order valence-corrected chi connectivity index (χ4v) is 5.21. The smallest absolute Gasteiger partial charge is 0.279 e. The molecule has 2 fully saturated rings. The van der Waals surface area contributed by atoms with E-state index in [0.29, 0.717) is 12.6 Å². The predicted octanol–water partition coefficient (Wildman–Crippen LogP) is 2.01. The highest BCUT2D eigenvalue weighted by Gasteiger charge is 2.32. The molecule has 2 rings (SSSR count). The van der Waals surface area contributed by atoms with E-state index in [9.17, 15) is 8.42 Å². The lowest BCUT2D eigenvalue weighted by Gasteiger charge is -2.35. The fourth-order valence-electron chi connectivity index (χ4n) is 3.47. The predicted molar refractivity (Wildman–Crippen MR) is 86.4 cm³/mol. The number of hydrogen-bond donors (Lipinski definition) is 2. The highest BCUT2D eigenvalue weighted by Crippen LogP contribution is 2.23. The van der Waals surface area contributed by atoms with Gasteiger partial charge in [-0.15, -0.1) is 0 Å². The van der Waals surface area contributed by atoms with Crippen LogP contribution in [0.15, 0.2) is 0 Å². The normalized spacial score (nSPS) is 32.2. The standard InChI is InChI=1S/C15H31N3O2S/c1-3-11-16-14-7-9-15(10-8-14)17-21(19,20)18-12-5-4-6-13(18)2/h13-17H,3-12H2,1-2H3. The van der Waals surface area contributed by atoms with Crippen LogP contribution in [0.1, 0.15) is 65.2 Å². The maximum Gasteiger partial charge on any atom is 0.279 e. The number of piperidine rings is 1. The van der Waals surface area contributed by atoms with Crippen LogP contribution in [0.25, 0.3) is 0 Å². The van der Waals surface area contributed by atoms with Gasteiger partial charge in [0.25, 0.3) is 10.2 Å². The van der Waals surface area contributed by atoms with Crippen LogP contribution < -0.4 is 10.0 Å². The molecule has 2 N–H and O–H groups in total. The third-order valence-corrected chi connectivity index (χ3v) is 6.57. The lowest BCUT2D eigenvalue weighted by Crippen LogP contribution is -2.51. The van der Waals surface area contributed by atoms with Crippen LogP contribution in [0.4, 0.5) is 0 Å². The van der Waals surface area contributed by atoms with E-state index in [1.165, 1.54) is 0 Å². The summed E-state index contributed by atoms with van der Waals surface area (Å²) in [7, 11) is -3.30. The van der Waals surface area contributed by atoms with E-state index >= 15 is 0 Å². The van der Waals surface area contributed by atoms with Crippen LogP contribution in [0.3, 0.4) is 0 Å². The van der Waals surface area contributed by atoms with Crippen LogP contribution in [0, 0.1) is 0 Å². The van der Waals surface area contributed by atoms with Gasteiger partial charge in [-0.2, -0.15) is 17.4 Å². The molecule has 1 aliphatic carbocycles. The van der Waals surface area contributed by atoms with Gasteiger partial charge in [0.1, 0.15) is 0 Å². The molecule has 21 heavy (non-hydrogen) atoms. The van der Waals surface area contributed by atoms with E-state index in [1.807, 2.05) is 6.92 Å². The Morgan fingerprint density at radius 3 is 2.33 bits per heavy atom. The van der Waals surface area contributed by atoms with E-state index < -0.39 is 10.2 Å². The molecule has 0 radical (unpaired) electrons. The monoisotopic (exact) mass is 317 g/mol. The Morgan fingerprint density at radius 2 is 1.71 bits per heavy atom. The molecular formula is C15H31N3O2S. The molecule has 0 spiro atoms. The van der Waals surface area contributed by atoms with Crippen molar-refractivity contribution in [2.45, 2.75) is 83.3 Å². The Morgan fingerprint density at radius 1 is 1.05 bits per heavy atom. The van der Waals surface area contributed by atoms with Gasteiger partial charge >= 0.3 is 0 Å². The van der Waals surface area contributed by atoms with Crippen molar-refractivity contribution >= 4 is 10.2 Å². The maximum atomic E-state index is 12.5. The molecule has 1 saturated heterocycles. The summed E-state index contributed by atoms with van der Waals surface area (Å²) in [6.45, 7) is 5.92. The fraction of sp³-hybridized carbons (Fsp3) is 1.00. The van der Waals surface area contributed by atoms with E-state index in [-0.39, 0.29) is 12.1 Å². The van der Waals surface area contributed by atoms with Crippen LogP contribution >= 0.6 is 0 Å². The van der Waals surface area contributed by atoms with E-state index in [2.05, 4.69) is 17.0 Å². The second kappa shape index (κ2) is 7.90. The minimum atomic E-state index is -3.30. The highest BCUT2D eigenvalue weighted by atomic mass is 32.2. The van der Waals surface area contributed by atoms with Gasteiger partial charge in [-0.1, -0.05) is 13.3 Å². The number of nitrogens with one attached hydrogen (secondary N) is 2. The second-order valence-electron chi connectivity index (χ2n) is 6.58. The van der Waals surface area contributed by atoms with Gasteiger partial charge in [-0.25, -0.2) is 0 Å². The quantitative estimate of drug-likeness (QED) is 0.788. The average molecular weight is 317 g/mol. The van der Waals surface area contributed by atoms with Crippen LogP contribution in [-0.2, 0) is 10.2 Å². The Hall–Kier alpha value is -0.170. The first-order valence-electron chi connectivity index (χ1n) is 8.55. The van der Waals surface area contributed by atoms with Crippen molar-refractivity contribution in [1.29, 1.82) is 0 Å². The SMILES string of the molecule is CCCNC1CCC(NS(=O)(=O)N2CCCCC2C)CC1. The topological polar surface area (TPSA) is 61.4 Å². The molecule has 0 aromatic heterocycles. The summed E-state index contributed by atoms with van der Waals surface area (Å²) in [5.41, 5.74) is 0. The van der Waals surface area contributed by atoms with Gasteiger partial charge in [-0.05, 0) is 58.4 Å². The van der Waals surface area contributed by atoms with Crippen molar-refractivity contribution in [1.82, 2.24) is 14.3 Å². The van der Waals surface area contributed by atoms with Gasteiger partial charge in [0.2, 0.25) is 0 Å². The second-order valence-corrected chi connectivity index (χ2v) is 8.24. The molecule has 1 atom stereocenters. The Bertz CT molecular complexity index is 405. The van der Waals surface area contributed by atoms with Gasteiger partial charge in [0, 0.05) is 24.7 Å². The molecule has 1 heterocycles.